The summed E-state index contributed by atoms with van der Waals surface area (Å²) in [6, 6.07) is 2.40. The summed E-state index contributed by atoms with van der Waals surface area (Å²) in [6.07, 6.45) is 11.1. The van der Waals surface area contributed by atoms with Crippen molar-refractivity contribution in [1.82, 2.24) is 34.6 Å². The van der Waals surface area contributed by atoms with Crippen LogP contribution in [0.1, 0.15) is 47.8 Å². The number of fused-ring (bicyclic) bond motifs is 1. The van der Waals surface area contributed by atoms with Crippen molar-refractivity contribution in [3.05, 3.63) is 58.1 Å². The number of ketones is 1. The molecule has 1 N–H and O–H groups in total. The van der Waals surface area contributed by atoms with Crippen LogP contribution in [0.3, 0.4) is 0 Å². The molecule has 214 valence electrons. The second-order valence-electron chi connectivity index (χ2n) is 10.5. The Morgan fingerprint density at radius 2 is 1.81 bits per heavy atom. The lowest BCUT2D eigenvalue weighted by atomic mass is 10.0. The number of halogens is 1. The van der Waals surface area contributed by atoms with Gasteiger partial charge in [0, 0.05) is 30.3 Å². The molecule has 1 aliphatic heterocycles. The molecule has 5 rings (SSSR count). The Morgan fingerprint density at radius 1 is 1.10 bits per heavy atom. The van der Waals surface area contributed by atoms with Gasteiger partial charge in [0.15, 0.2) is 11.6 Å². The number of rotatable bonds is 6. The predicted molar refractivity (Wildman–Crippen MR) is 160 cm³/mol. The summed E-state index contributed by atoms with van der Waals surface area (Å²) in [5.74, 6) is 2.46. The molecule has 12 heteroatoms. The number of aromatic nitrogens is 6. The molecule has 2 amide bonds. The highest BCUT2D eigenvalue weighted by Crippen LogP contribution is 2.33. The van der Waals surface area contributed by atoms with Gasteiger partial charge in [-0.2, -0.15) is 5.10 Å². The number of carbonyl (C=O) groups excluding carboxylic acids is 3. The van der Waals surface area contributed by atoms with Crippen LogP contribution in [0.15, 0.2) is 35.3 Å². The molecule has 4 heterocycles. The second-order valence-corrected chi connectivity index (χ2v) is 11.3. The maximum Gasteiger partial charge on any atom is 0.248 e. The average molecular weight is 630 g/mol. The Hall–Kier alpha value is -4.50. The van der Waals surface area contributed by atoms with Gasteiger partial charge in [-0.15, -0.1) is 6.42 Å². The molecule has 0 unspecified atom stereocenters. The van der Waals surface area contributed by atoms with Crippen molar-refractivity contribution in [2.24, 2.45) is 5.92 Å². The van der Waals surface area contributed by atoms with Gasteiger partial charge >= 0.3 is 0 Å². The number of carbonyl (C=O) groups is 3. The van der Waals surface area contributed by atoms with Gasteiger partial charge in [0.05, 0.1) is 23.4 Å². The molecule has 3 aromatic heterocycles. The van der Waals surface area contributed by atoms with E-state index >= 15 is 0 Å². The van der Waals surface area contributed by atoms with Crippen LogP contribution >= 0.6 is 15.9 Å². The number of nitrogens with zero attached hydrogens (tertiary/aromatic N) is 7. The number of hydrogen-bond donors (Lipinski definition) is 1. The first-order valence-corrected chi connectivity index (χ1v) is 14.2. The Morgan fingerprint density at radius 3 is 2.45 bits per heavy atom. The van der Waals surface area contributed by atoms with Gasteiger partial charge < -0.3 is 10.2 Å². The van der Waals surface area contributed by atoms with Gasteiger partial charge in [-0.1, -0.05) is 12.8 Å². The highest BCUT2D eigenvalue weighted by Gasteiger charge is 2.44. The lowest BCUT2D eigenvalue weighted by molar-refractivity contribution is -0.138. The summed E-state index contributed by atoms with van der Waals surface area (Å²) in [6.45, 7) is 8.64. The highest BCUT2D eigenvalue weighted by atomic mass is 79.9. The summed E-state index contributed by atoms with van der Waals surface area (Å²) < 4.78 is 2.03. The van der Waals surface area contributed by atoms with Gasteiger partial charge in [-0.05, 0) is 72.3 Å². The first kappa shape index (κ1) is 29.0. The molecule has 3 atom stereocenters. The van der Waals surface area contributed by atoms with Crippen LogP contribution in [0.25, 0.3) is 22.0 Å². The molecule has 4 aromatic rings. The van der Waals surface area contributed by atoms with E-state index in [9.17, 15) is 14.4 Å². The van der Waals surface area contributed by atoms with Gasteiger partial charge in [0.2, 0.25) is 11.8 Å². The molecule has 0 aliphatic carbocycles. The largest absolute Gasteiger partial charge is 0.315 e. The van der Waals surface area contributed by atoms with E-state index < -0.39 is 18.0 Å². The van der Waals surface area contributed by atoms with Crippen molar-refractivity contribution in [2.75, 3.05) is 5.32 Å². The maximum absolute atomic E-state index is 13.9. The van der Waals surface area contributed by atoms with Crippen molar-refractivity contribution in [3.63, 3.8) is 0 Å². The second kappa shape index (κ2) is 11.4. The Kier molecular flexibility index (Phi) is 7.88. The topological polar surface area (TPSA) is 136 Å². The number of anilines is 1. The Balaban J connectivity index is 1.49. The zero-order valence-corrected chi connectivity index (χ0v) is 25.4. The van der Waals surface area contributed by atoms with Crippen LogP contribution in [0.5, 0.6) is 0 Å². The van der Waals surface area contributed by atoms with Crippen LogP contribution in [-0.2, 0) is 16.1 Å². The fourth-order valence-electron chi connectivity index (χ4n) is 5.39. The minimum absolute atomic E-state index is 0.117. The minimum Gasteiger partial charge on any atom is -0.315 e. The SMILES string of the molecule is C#C[C@@H]1[C@@H](C)C[C@@H](C(=O)Nc2cnc(C)c(Br)n2)N1C(=O)Cn1nc(C(C)=O)c2cc(-c3cnc(C)nc3)cc(C)c21. The molecule has 0 radical (unpaired) electrons. The van der Waals surface area contributed by atoms with Crippen molar-refractivity contribution < 1.29 is 14.4 Å². The lowest BCUT2D eigenvalue weighted by Gasteiger charge is -2.28. The molecule has 1 aliphatic rings. The molecule has 42 heavy (non-hydrogen) atoms. The fourth-order valence-corrected chi connectivity index (χ4v) is 5.68. The molecule has 11 nitrogen and oxygen atoms in total. The number of terminal acetylenes is 1. The quantitative estimate of drug-likeness (QED) is 0.249. The van der Waals surface area contributed by atoms with Gasteiger partial charge in [-0.3, -0.25) is 24.0 Å². The number of Topliss-reactive ketones (excluding diaryl/α,β-unsaturated/α-hetero) is 1. The number of hydrogen-bond acceptors (Lipinski definition) is 8. The van der Waals surface area contributed by atoms with Crippen LogP contribution in [-0.4, -0.2) is 64.3 Å². The molecule has 0 saturated carbocycles. The Labute approximate surface area is 251 Å². The maximum atomic E-state index is 13.9. The highest BCUT2D eigenvalue weighted by molar-refractivity contribution is 9.10. The first-order chi connectivity index (χ1) is 20.0. The number of aryl methyl sites for hydroxylation is 3. The van der Waals surface area contributed by atoms with E-state index in [4.69, 9.17) is 6.42 Å². The third-order valence-electron chi connectivity index (χ3n) is 7.45. The van der Waals surface area contributed by atoms with Gasteiger partial charge in [0.1, 0.15) is 28.7 Å². The van der Waals surface area contributed by atoms with Crippen molar-refractivity contribution in [1.29, 1.82) is 0 Å². The van der Waals surface area contributed by atoms with Crippen molar-refractivity contribution in [2.45, 2.75) is 59.7 Å². The summed E-state index contributed by atoms with van der Waals surface area (Å²) in [4.78, 5) is 58.5. The van der Waals surface area contributed by atoms with E-state index in [1.54, 1.807) is 19.3 Å². The molecular weight excluding hydrogens is 600 g/mol. The van der Waals surface area contributed by atoms with Crippen LogP contribution in [0, 0.1) is 39.0 Å². The number of likely N-dealkylation sites (tertiary alicyclic amines) is 1. The zero-order chi connectivity index (χ0) is 30.3. The van der Waals surface area contributed by atoms with Crippen LogP contribution in [0.4, 0.5) is 5.82 Å². The standard InChI is InChI=1S/C30H29BrN8O3/c1-7-23-15(2)9-24(30(42)36-25-13-32-17(4)29(31)35-25)39(23)26(41)14-38-28-16(3)8-20(21-11-33-19(6)34-12-21)10-22(28)27(37-38)18(5)40/h1,8,10-13,15,23-24H,9,14H2,2-6H3,(H,35,36,42)/t15-,23+,24-/m0/s1. The molecule has 0 bridgehead atoms. The van der Waals surface area contributed by atoms with Crippen molar-refractivity contribution >= 4 is 50.2 Å². The van der Waals surface area contributed by atoms with E-state index in [-0.39, 0.29) is 35.7 Å². The van der Waals surface area contributed by atoms with Gasteiger partial charge in [0.25, 0.3) is 0 Å². The zero-order valence-electron chi connectivity index (χ0n) is 23.8. The molecular formula is C30H29BrN8O3. The van der Waals surface area contributed by atoms with Crippen LogP contribution in [0.2, 0.25) is 0 Å². The van der Waals surface area contributed by atoms with E-state index in [0.717, 1.165) is 16.7 Å². The van der Waals surface area contributed by atoms with E-state index in [1.165, 1.54) is 22.7 Å². The summed E-state index contributed by atoms with van der Waals surface area (Å²) in [5.41, 5.74) is 4.02. The summed E-state index contributed by atoms with van der Waals surface area (Å²) in [5, 5.41) is 7.93. The minimum atomic E-state index is -0.821. The normalized spacial score (nSPS) is 18.2. The van der Waals surface area contributed by atoms with E-state index in [1.807, 2.05) is 32.9 Å². The molecule has 1 saturated heterocycles. The monoisotopic (exact) mass is 628 g/mol. The molecule has 0 spiro atoms. The third-order valence-corrected chi connectivity index (χ3v) is 8.20. The van der Waals surface area contributed by atoms with Gasteiger partial charge in [-0.25, -0.2) is 15.0 Å². The average Bonchev–Trinajstić information content (AvgIpc) is 3.48. The van der Waals surface area contributed by atoms with E-state index in [0.29, 0.717) is 33.4 Å². The number of nitrogens with one attached hydrogen (secondary N) is 1. The smallest absolute Gasteiger partial charge is 0.248 e. The fraction of sp³-hybridized carbons (Fsp3) is 0.333. The summed E-state index contributed by atoms with van der Waals surface area (Å²) >= 11 is 3.32. The third kappa shape index (κ3) is 5.39. The van der Waals surface area contributed by atoms with E-state index in [2.05, 4.69) is 52.2 Å². The Bertz CT molecular complexity index is 1780. The number of benzene rings is 1. The van der Waals surface area contributed by atoms with Crippen LogP contribution < -0.4 is 5.32 Å². The van der Waals surface area contributed by atoms with Crippen molar-refractivity contribution in [3.8, 4) is 23.5 Å². The summed E-state index contributed by atoms with van der Waals surface area (Å²) in [7, 11) is 0. The number of amides is 2. The first-order valence-electron chi connectivity index (χ1n) is 13.4. The molecule has 1 fully saturated rings. The predicted octanol–water partition coefficient (Wildman–Crippen LogP) is 4.05. The molecule has 1 aromatic carbocycles. The lowest BCUT2D eigenvalue weighted by Crippen LogP contribution is -2.48.